The third-order valence-electron chi connectivity index (χ3n) is 4.98. The highest BCUT2D eigenvalue weighted by Gasteiger charge is 2.29. The number of aryl methyl sites for hydroxylation is 1. The molecule has 4 nitrogen and oxygen atoms in total. The number of hydrogen-bond acceptors (Lipinski definition) is 2. The Morgan fingerprint density at radius 3 is 2.45 bits per heavy atom. The van der Waals surface area contributed by atoms with Gasteiger partial charge in [0.15, 0.2) is 0 Å². The summed E-state index contributed by atoms with van der Waals surface area (Å²) in [5.41, 5.74) is 4.98. The Morgan fingerprint density at radius 1 is 1.03 bits per heavy atom. The Morgan fingerprint density at radius 2 is 1.76 bits per heavy atom. The molecule has 146 valence electrons. The number of nitrogens with zero attached hydrogens (tertiary/aromatic N) is 3. The van der Waals surface area contributed by atoms with Crippen LogP contribution >= 0.6 is 15.9 Å². The van der Waals surface area contributed by atoms with Crippen LogP contribution in [0, 0.1) is 19.7 Å². The maximum absolute atomic E-state index is 14.5. The molecule has 1 amide bonds. The largest absolute Gasteiger partial charge is 0.315 e. The first-order valence-corrected chi connectivity index (χ1v) is 9.97. The van der Waals surface area contributed by atoms with Crippen LogP contribution in [0.1, 0.15) is 23.9 Å². The molecule has 0 aliphatic carbocycles. The first-order chi connectivity index (χ1) is 13.9. The quantitative estimate of drug-likeness (QED) is 0.463. The minimum Gasteiger partial charge on any atom is -0.315 e. The summed E-state index contributed by atoms with van der Waals surface area (Å²) in [5, 5.41) is 5.83. The van der Waals surface area contributed by atoms with Crippen molar-refractivity contribution in [1.82, 2.24) is 4.57 Å². The summed E-state index contributed by atoms with van der Waals surface area (Å²) >= 11 is 3.29. The second-order valence-electron chi connectivity index (χ2n) is 6.95. The summed E-state index contributed by atoms with van der Waals surface area (Å²) in [7, 11) is 0. The van der Waals surface area contributed by atoms with E-state index in [0.29, 0.717) is 21.4 Å². The molecule has 3 aromatic rings. The molecule has 0 atom stereocenters. The lowest BCUT2D eigenvalue weighted by Gasteiger charge is -2.11. The molecule has 0 spiro atoms. The van der Waals surface area contributed by atoms with Gasteiger partial charge in [0.1, 0.15) is 5.82 Å². The molecule has 1 aromatic heterocycles. The van der Waals surface area contributed by atoms with Crippen LogP contribution < -0.4 is 5.01 Å². The Balaban J connectivity index is 1.74. The van der Waals surface area contributed by atoms with Gasteiger partial charge in [-0.15, -0.1) is 0 Å². The number of para-hydroxylation sites is 1. The Bertz CT molecular complexity index is 1180. The smallest absolute Gasteiger partial charge is 0.280 e. The number of carbonyl (C=O) groups is 1. The molecule has 0 radical (unpaired) electrons. The van der Waals surface area contributed by atoms with E-state index in [4.69, 9.17) is 0 Å². The number of amides is 1. The van der Waals surface area contributed by atoms with Crippen LogP contribution in [0.2, 0.25) is 0 Å². The molecule has 0 fully saturated rings. The lowest BCUT2D eigenvalue weighted by Crippen LogP contribution is -2.21. The van der Waals surface area contributed by atoms with Crippen molar-refractivity contribution in [2.75, 3.05) is 5.01 Å². The van der Waals surface area contributed by atoms with E-state index in [1.54, 1.807) is 6.07 Å². The van der Waals surface area contributed by atoms with E-state index in [2.05, 4.69) is 21.0 Å². The van der Waals surface area contributed by atoms with Crippen LogP contribution in [0.15, 0.2) is 69.7 Å². The zero-order valence-corrected chi connectivity index (χ0v) is 17.9. The third-order valence-corrected chi connectivity index (χ3v) is 5.48. The predicted octanol–water partition coefficient (Wildman–Crippen LogP) is 5.80. The zero-order chi connectivity index (χ0) is 20.7. The number of hydrogen-bond donors (Lipinski definition) is 0. The van der Waals surface area contributed by atoms with E-state index in [1.807, 2.05) is 73.9 Å². The van der Waals surface area contributed by atoms with Crippen molar-refractivity contribution in [3.8, 4) is 5.69 Å². The number of carbonyl (C=O) groups excluding carboxylic acids is 1. The van der Waals surface area contributed by atoms with Crippen molar-refractivity contribution >= 4 is 39.3 Å². The zero-order valence-electron chi connectivity index (χ0n) is 16.3. The van der Waals surface area contributed by atoms with Crippen molar-refractivity contribution in [2.24, 2.45) is 5.10 Å². The van der Waals surface area contributed by atoms with Crippen molar-refractivity contribution < 1.29 is 9.18 Å². The van der Waals surface area contributed by atoms with Crippen molar-refractivity contribution in [2.45, 2.75) is 20.8 Å². The second-order valence-corrected chi connectivity index (χ2v) is 7.87. The van der Waals surface area contributed by atoms with Gasteiger partial charge in [-0.1, -0.05) is 34.1 Å². The fourth-order valence-electron chi connectivity index (χ4n) is 3.55. The summed E-state index contributed by atoms with van der Waals surface area (Å²) in [6, 6.07) is 16.3. The van der Waals surface area contributed by atoms with Gasteiger partial charge in [-0.3, -0.25) is 4.79 Å². The number of anilines is 1. The molecule has 0 saturated carbocycles. The minimum absolute atomic E-state index is 0.173. The topological polar surface area (TPSA) is 37.6 Å². The highest BCUT2D eigenvalue weighted by atomic mass is 79.9. The molecule has 0 bridgehead atoms. The van der Waals surface area contributed by atoms with E-state index in [9.17, 15) is 9.18 Å². The maximum atomic E-state index is 14.5. The molecule has 0 saturated heterocycles. The summed E-state index contributed by atoms with van der Waals surface area (Å²) < 4.78 is 17.1. The van der Waals surface area contributed by atoms with Gasteiger partial charge in [0.2, 0.25) is 0 Å². The second kappa shape index (κ2) is 7.44. The van der Waals surface area contributed by atoms with E-state index < -0.39 is 0 Å². The van der Waals surface area contributed by atoms with Gasteiger partial charge in [-0.25, -0.2) is 4.39 Å². The van der Waals surface area contributed by atoms with E-state index in [-0.39, 0.29) is 11.7 Å². The van der Waals surface area contributed by atoms with E-state index >= 15 is 0 Å². The average Bonchev–Trinajstić information content (AvgIpc) is 3.13. The summed E-state index contributed by atoms with van der Waals surface area (Å²) in [6.45, 7) is 5.66. The lowest BCUT2D eigenvalue weighted by molar-refractivity contribution is -0.114. The molecule has 2 aromatic carbocycles. The van der Waals surface area contributed by atoms with Gasteiger partial charge in [0.05, 0.1) is 22.7 Å². The predicted molar refractivity (Wildman–Crippen MR) is 118 cm³/mol. The van der Waals surface area contributed by atoms with Crippen LogP contribution in [-0.2, 0) is 4.79 Å². The molecule has 0 N–H and O–H groups in total. The summed E-state index contributed by atoms with van der Waals surface area (Å²) in [5.74, 6) is -0.487. The number of hydrazone groups is 1. The molecule has 4 rings (SSSR count). The van der Waals surface area contributed by atoms with Crippen LogP contribution in [-0.4, -0.2) is 16.2 Å². The van der Waals surface area contributed by atoms with Gasteiger partial charge in [-0.05, 0) is 68.8 Å². The van der Waals surface area contributed by atoms with Gasteiger partial charge in [-0.2, -0.15) is 10.1 Å². The van der Waals surface area contributed by atoms with Crippen LogP contribution in [0.25, 0.3) is 11.8 Å². The standard InChI is InChI=1S/C23H19BrFN3O/c1-14-11-17(16(3)27(14)22-10-9-18(24)13-21(22)25)12-20-15(2)26-28(23(20)29)19-7-5-4-6-8-19/h4-13H,1-3H3/b20-12+. The van der Waals surface area contributed by atoms with Crippen LogP contribution in [0.3, 0.4) is 0 Å². The maximum Gasteiger partial charge on any atom is 0.280 e. The van der Waals surface area contributed by atoms with Gasteiger partial charge in [0.25, 0.3) is 5.91 Å². The fourth-order valence-corrected chi connectivity index (χ4v) is 3.88. The summed E-state index contributed by atoms with van der Waals surface area (Å²) in [4.78, 5) is 13.0. The van der Waals surface area contributed by atoms with E-state index in [0.717, 1.165) is 22.6 Å². The first-order valence-electron chi connectivity index (χ1n) is 9.18. The molecule has 2 heterocycles. The monoisotopic (exact) mass is 451 g/mol. The van der Waals surface area contributed by atoms with Gasteiger partial charge in [0, 0.05) is 15.9 Å². The first kappa shape index (κ1) is 19.3. The van der Waals surface area contributed by atoms with Crippen molar-refractivity contribution in [3.63, 3.8) is 0 Å². The molecule has 0 unspecified atom stereocenters. The Labute approximate surface area is 177 Å². The van der Waals surface area contributed by atoms with Crippen LogP contribution in [0.4, 0.5) is 10.1 Å². The van der Waals surface area contributed by atoms with E-state index in [1.165, 1.54) is 11.1 Å². The SMILES string of the molecule is CC1=NN(c2ccccc2)C(=O)/C1=C/c1cc(C)n(-c2ccc(Br)cc2F)c1C. The molecule has 29 heavy (non-hydrogen) atoms. The Hall–Kier alpha value is -2.99. The lowest BCUT2D eigenvalue weighted by atomic mass is 10.1. The number of aromatic nitrogens is 1. The summed E-state index contributed by atoms with van der Waals surface area (Å²) in [6.07, 6.45) is 1.83. The number of halogens is 2. The highest BCUT2D eigenvalue weighted by molar-refractivity contribution is 9.10. The van der Waals surface area contributed by atoms with Crippen LogP contribution in [0.5, 0.6) is 0 Å². The molecule has 6 heteroatoms. The normalized spacial score (nSPS) is 15.3. The molecular weight excluding hydrogens is 433 g/mol. The van der Waals surface area contributed by atoms with Gasteiger partial charge < -0.3 is 4.57 Å². The molecule has 1 aliphatic heterocycles. The highest BCUT2D eigenvalue weighted by Crippen LogP contribution is 2.29. The minimum atomic E-state index is -0.315. The molecular formula is C23H19BrFN3O. The molecule has 1 aliphatic rings. The number of rotatable bonds is 3. The number of benzene rings is 2. The van der Waals surface area contributed by atoms with Gasteiger partial charge >= 0.3 is 0 Å². The average molecular weight is 452 g/mol. The Kier molecular flexibility index (Phi) is 4.96. The fraction of sp³-hybridized carbons (Fsp3) is 0.130. The van der Waals surface area contributed by atoms with Crippen molar-refractivity contribution in [1.29, 1.82) is 0 Å². The van der Waals surface area contributed by atoms with Crippen molar-refractivity contribution in [3.05, 3.63) is 87.4 Å². The third kappa shape index (κ3) is 3.44.